The van der Waals surface area contributed by atoms with Crippen molar-refractivity contribution in [3.63, 3.8) is 0 Å². The molecule has 8 heteroatoms. The van der Waals surface area contributed by atoms with Gasteiger partial charge in [-0.1, -0.05) is 13.0 Å². The van der Waals surface area contributed by atoms with Gasteiger partial charge in [0.1, 0.15) is 11.6 Å². The molecule has 34 heavy (non-hydrogen) atoms. The Morgan fingerprint density at radius 2 is 1.18 bits per heavy atom. The first-order valence-corrected chi connectivity index (χ1v) is 11.0. The molecule has 0 aliphatic carbocycles. The van der Waals surface area contributed by atoms with Crippen molar-refractivity contribution in [2.45, 2.75) is 13.3 Å². The van der Waals surface area contributed by atoms with Crippen LogP contribution >= 0.6 is 0 Å². The van der Waals surface area contributed by atoms with Gasteiger partial charge in [0.05, 0.1) is 27.6 Å². The van der Waals surface area contributed by atoms with Crippen LogP contribution in [0.1, 0.15) is 25.0 Å². The van der Waals surface area contributed by atoms with Crippen LogP contribution in [0.5, 0.6) is 0 Å². The lowest BCUT2D eigenvalue weighted by Gasteiger charge is -2.00. The van der Waals surface area contributed by atoms with Gasteiger partial charge < -0.3 is 9.97 Å². The normalized spacial score (nSPS) is 11.2. The van der Waals surface area contributed by atoms with Gasteiger partial charge in [-0.3, -0.25) is 0 Å². The van der Waals surface area contributed by atoms with Gasteiger partial charge in [0.15, 0.2) is 11.6 Å². The van der Waals surface area contributed by atoms with Crippen molar-refractivity contribution < 1.29 is 0 Å². The van der Waals surface area contributed by atoms with Gasteiger partial charge in [-0.15, -0.1) is 0 Å². The lowest BCUT2D eigenvalue weighted by Crippen LogP contribution is -1.93. The Kier molecular flexibility index (Phi) is 4.88. The SMILES string of the molecule is CCC=C(c1nc2ccc(-c3ncccn3)cc2[nH]1)c1nc2ccc(-c3ncccn3)cc2[nH]1. The first kappa shape index (κ1) is 19.9. The maximum Gasteiger partial charge on any atom is 0.159 e. The number of nitrogens with one attached hydrogen (secondary N) is 2. The fourth-order valence-corrected chi connectivity index (χ4v) is 3.96. The number of hydrogen-bond acceptors (Lipinski definition) is 6. The maximum absolute atomic E-state index is 4.83. The molecule has 2 N–H and O–H groups in total. The second-order valence-electron chi connectivity index (χ2n) is 7.81. The Hall–Kier alpha value is -4.72. The largest absolute Gasteiger partial charge is 0.338 e. The average molecular weight is 445 g/mol. The lowest BCUT2D eigenvalue weighted by atomic mass is 10.2. The number of nitrogens with zero attached hydrogens (tertiary/aromatic N) is 6. The highest BCUT2D eigenvalue weighted by molar-refractivity contribution is 5.88. The van der Waals surface area contributed by atoms with E-state index in [9.17, 15) is 0 Å². The summed E-state index contributed by atoms with van der Waals surface area (Å²) < 4.78 is 0. The van der Waals surface area contributed by atoms with Crippen LogP contribution < -0.4 is 0 Å². The van der Waals surface area contributed by atoms with E-state index in [1.807, 2.05) is 36.4 Å². The second kappa shape index (κ2) is 8.32. The van der Waals surface area contributed by atoms with E-state index in [-0.39, 0.29) is 0 Å². The van der Waals surface area contributed by atoms with Crippen LogP contribution in [0.2, 0.25) is 0 Å². The highest BCUT2D eigenvalue weighted by Crippen LogP contribution is 2.28. The third-order valence-electron chi connectivity index (χ3n) is 5.53. The summed E-state index contributed by atoms with van der Waals surface area (Å²) in [5.41, 5.74) is 6.37. The molecule has 0 fully saturated rings. The average Bonchev–Trinajstić information content (AvgIpc) is 3.51. The molecule has 0 amide bonds. The Morgan fingerprint density at radius 3 is 1.62 bits per heavy atom. The summed E-state index contributed by atoms with van der Waals surface area (Å²) in [4.78, 5) is 34.0. The first-order valence-electron chi connectivity index (χ1n) is 11.0. The van der Waals surface area contributed by atoms with Crippen molar-refractivity contribution in [2.75, 3.05) is 0 Å². The molecule has 4 heterocycles. The molecular formula is C26H20N8. The van der Waals surface area contributed by atoms with Gasteiger partial charge in [-0.25, -0.2) is 29.9 Å². The second-order valence-corrected chi connectivity index (χ2v) is 7.81. The minimum absolute atomic E-state index is 0.681. The molecule has 6 aromatic rings. The van der Waals surface area contributed by atoms with Crippen LogP contribution in [-0.4, -0.2) is 39.9 Å². The van der Waals surface area contributed by atoms with Crippen LogP contribution in [0, 0.1) is 0 Å². The quantitative estimate of drug-likeness (QED) is 0.378. The molecule has 0 radical (unpaired) electrons. The van der Waals surface area contributed by atoms with E-state index in [4.69, 9.17) is 9.97 Å². The van der Waals surface area contributed by atoms with Crippen LogP contribution in [0.3, 0.4) is 0 Å². The van der Waals surface area contributed by atoms with Gasteiger partial charge in [-0.05, 0) is 55.0 Å². The maximum atomic E-state index is 4.83. The summed E-state index contributed by atoms with van der Waals surface area (Å²) in [7, 11) is 0. The Morgan fingerprint density at radius 1 is 0.706 bits per heavy atom. The number of aromatic amines is 2. The highest BCUT2D eigenvalue weighted by Gasteiger charge is 2.15. The molecule has 0 atom stereocenters. The van der Waals surface area contributed by atoms with Crippen molar-refractivity contribution in [3.05, 3.63) is 91.0 Å². The van der Waals surface area contributed by atoms with Gasteiger partial charge in [-0.2, -0.15) is 0 Å². The summed E-state index contributed by atoms with van der Waals surface area (Å²) >= 11 is 0. The van der Waals surface area contributed by atoms with Crippen molar-refractivity contribution in [2.24, 2.45) is 0 Å². The monoisotopic (exact) mass is 444 g/mol. The number of aromatic nitrogens is 8. The Balaban J connectivity index is 1.40. The number of allylic oxidation sites excluding steroid dienone is 1. The van der Waals surface area contributed by atoms with Crippen LogP contribution in [0.25, 0.3) is 50.4 Å². The first-order chi connectivity index (χ1) is 16.8. The fraction of sp³-hybridized carbons (Fsp3) is 0.0769. The van der Waals surface area contributed by atoms with Crippen LogP contribution in [0.15, 0.2) is 79.4 Å². The molecule has 0 spiro atoms. The molecular weight excluding hydrogens is 424 g/mol. The summed E-state index contributed by atoms with van der Waals surface area (Å²) in [6.45, 7) is 2.10. The predicted octanol–water partition coefficient (Wildman–Crippen LogP) is 5.19. The van der Waals surface area contributed by atoms with E-state index < -0.39 is 0 Å². The van der Waals surface area contributed by atoms with Crippen molar-refractivity contribution in [1.82, 2.24) is 39.9 Å². The molecule has 0 aliphatic heterocycles. The topological polar surface area (TPSA) is 109 Å². The van der Waals surface area contributed by atoms with Gasteiger partial charge >= 0.3 is 0 Å². The number of rotatable bonds is 5. The summed E-state index contributed by atoms with van der Waals surface area (Å²) in [5.74, 6) is 2.88. The van der Waals surface area contributed by atoms with E-state index in [2.05, 4.69) is 42.9 Å². The smallest absolute Gasteiger partial charge is 0.159 e. The van der Waals surface area contributed by atoms with Crippen molar-refractivity contribution in [1.29, 1.82) is 0 Å². The molecule has 0 bridgehead atoms. The zero-order valence-corrected chi connectivity index (χ0v) is 18.4. The summed E-state index contributed by atoms with van der Waals surface area (Å²) in [5, 5.41) is 0. The number of fused-ring (bicyclic) bond motifs is 2. The predicted molar refractivity (Wildman–Crippen MR) is 132 cm³/mol. The van der Waals surface area contributed by atoms with E-state index >= 15 is 0 Å². The number of hydrogen-bond donors (Lipinski definition) is 2. The number of imidazole rings is 2. The summed E-state index contributed by atoms with van der Waals surface area (Å²) in [6.07, 6.45) is 9.93. The minimum Gasteiger partial charge on any atom is -0.338 e. The van der Waals surface area contributed by atoms with E-state index in [0.717, 1.165) is 56.8 Å². The van der Waals surface area contributed by atoms with Gasteiger partial charge in [0, 0.05) is 35.9 Å². The third kappa shape index (κ3) is 3.61. The van der Waals surface area contributed by atoms with Crippen molar-refractivity contribution in [3.8, 4) is 22.8 Å². The zero-order valence-electron chi connectivity index (χ0n) is 18.4. The van der Waals surface area contributed by atoms with Crippen LogP contribution in [0.4, 0.5) is 0 Å². The summed E-state index contributed by atoms with van der Waals surface area (Å²) in [6, 6.07) is 15.6. The van der Waals surface area contributed by atoms with Gasteiger partial charge in [0.2, 0.25) is 0 Å². The van der Waals surface area contributed by atoms with E-state index in [0.29, 0.717) is 11.6 Å². The van der Waals surface area contributed by atoms with E-state index in [1.165, 1.54) is 0 Å². The minimum atomic E-state index is 0.681. The highest BCUT2D eigenvalue weighted by atomic mass is 15.0. The number of H-pyrrole nitrogens is 2. The molecule has 0 saturated carbocycles. The molecule has 0 saturated heterocycles. The molecule has 0 aliphatic rings. The zero-order chi connectivity index (χ0) is 22.9. The molecule has 4 aromatic heterocycles. The van der Waals surface area contributed by atoms with E-state index in [1.54, 1.807) is 36.9 Å². The molecule has 0 unspecified atom stereocenters. The third-order valence-corrected chi connectivity index (χ3v) is 5.53. The fourth-order valence-electron chi connectivity index (χ4n) is 3.96. The standard InChI is InChI=1S/C26H20N8/c1-2-5-18(25-31-19-8-6-16(14-21(19)33-25)23-27-10-3-11-28-23)26-32-20-9-7-17(15-22(20)34-26)24-29-12-4-13-30-24/h3-15H,2H2,1H3,(H,31,33)(H,32,34). The van der Waals surface area contributed by atoms with Crippen LogP contribution in [-0.2, 0) is 0 Å². The lowest BCUT2D eigenvalue weighted by molar-refractivity contribution is 1.15. The van der Waals surface area contributed by atoms with Crippen molar-refractivity contribution >= 4 is 27.6 Å². The molecule has 8 nitrogen and oxygen atoms in total. The number of benzene rings is 2. The van der Waals surface area contributed by atoms with Gasteiger partial charge in [0.25, 0.3) is 0 Å². The molecule has 6 rings (SSSR count). The Labute approximate surface area is 194 Å². The Bertz CT molecular complexity index is 1510. The molecule has 164 valence electrons. The molecule has 2 aromatic carbocycles.